The van der Waals surface area contributed by atoms with Crippen molar-refractivity contribution in [1.29, 1.82) is 0 Å². The Morgan fingerprint density at radius 2 is 0.980 bits per heavy atom. The molecule has 4 heterocycles. The predicted octanol–water partition coefficient (Wildman–Crippen LogP) is 11.0. The summed E-state index contributed by atoms with van der Waals surface area (Å²) >= 11 is 0. The largest absolute Gasteiger partial charge is 0.354 e. The molecular formula is C45H28N6. The van der Waals surface area contributed by atoms with Gasteiger partial charge in [0.25, 0.3) is 0 Å². The molecule has 6 heteroatoms. The molecule has 7 aromatic carbocycles. The van der Waals surface area contributed by atoms with Gasteiger partial charge in [0, 0.05) is 54.6 Å². The maximum atomic E-state index is 5.31. The van der Waals surface area contributed by atoms with Gasteiger partial charge in [-0.1, -0.05) is 115 Å². The van der Waals surface area contributed by atoms with Gasteiger partial charge in [0.05, 0.1) is 27.6 Å². The Labute approximate surface area is 291 Å². The van der Waals surface area contributed by atoms with Crippen LogP contribution in [0.4, 0.5) is 0 Å². The van der Waals surface area contributed by atoms with Gasteiger partial charge in [-0.15, -0.1) is 0 Å². The lowest BCUT2D eigenvalue weighted by Crippen LogP contribution is -2.06. The number of aromatic nitrogens is 6. The van der Waals surface area contributed by atoms with Crippen molar-refractivity contribution in [2.24, 2.45) is 0 Å². The zero-order chi connectivity index (χ0) is 33.5. The average molecular weight is 653 g/mol. The van der Waals surface area contributed by atoms with Crippen LogP contribution in [-0.4, -0.2) is 29.1 Å². The third kappa shape index (κ3) is 4.14. The van der Waals surface area contributed by atoms with Crippen LogP contribution in [0.25, 0.3) is 99.8 Å². The fourth-order valence-electron chi connectivity index (χ4n) is 7.86. The number of hydrogen-bond donors (Lipinski definition) is 1. The van der Waals surface area contributed by atoms with Crippen molar-refractivity contribution >= 4 is 65.4 Å². The van der Waals surface area contributed by atoms with Crippen LogP contribution in [0.15, 0.2) is 164 Å². The summed E-state index contributed by atoms with van der Waals surface area (Å²) < 4.78 is 4.57. The monoisotopic (exact) mass is 652 g/mol. The minimum atomic E-state index is 0.569. The fourth-order valence-corrected chi connectivity index (χ4v) is 7.86. The average Bonchev–Trinajstić information content (AvgIpc) is 3.85. The minimum Gasteiger partial charge on any atom is -0.354 e. The lowest BCUT2D eigenvalue weighted by atomic mass is 10.1. The summed E-state index contributed by atoms with van der Waals surface area (Å²) in [5, 5.41) is 7.03. The SMILES string of the molecule is c1ccc(-c2nc(-c3cccc4c3[nH]c3ccccc34)nc(-n3c4ccccc4c4cc5c6ccccc6n(-c6ccccc6)c5cc43)n2)cc1. The van der Waals surface area contributed by atoms with Gasteiger partial charge >= 0.3 is 0 Å². The Kier molecular flexibility index (Phi) is 5.86. The van der Waals surface area contributed by atoms with Crippen molar-refractivity contribution in [3.63, 3.8) is 0 Å². The number of rotatable bonds is 4. The second kappa shape index (κ2) is 10.7. The number of hydrogen-bond acceptors (Lipinski definition) is 3. The second-order valence-electron chi connectivity index (χ2n) is 13.0. The first-order valence-electron chi connectivity index (χ1n) is 17.1. The standard InChI is InChI=1S/C45H28N6/c1-3-14-28(15-4-1)43-47-44(34-22-13-21-33-30-18-7-10-23-37(30)46-42(33)34)49-45(48-43)51-39-25-12-9-20-32(39)36-26-35-31-19-8-11-24-38(31)50(40(35)27-41(36)51)29-16-5-2-6-17-29/h1-27,46H. The Morgan fingerprint density at radius 3 is 1.75 bits per heavy atom. The highest BCUT2D eigenvalue weighted by Gasteiger charge is 2.22. The molecule has 0 amide bonds. The second-order valence-corrected chi connectivity index (χ2v) is 13.0. The van der Waals surface area contributed by atoms with E-state index >= 15 is 0 Å². The predicted molar refractivity (Wildman–Crippen MR) is 209 cm³/mol. The number of nitrogens with one attached hydrogen (secondary N) is 1. The summed E-state index contributed by atoms with van der Waals surface area (Å²) in [5.41, 5.74) is 9.42. The molecule has 0 atom stereocenters. The van der Waals surface area contributed by atoms with Gasteiger partial charge < -0.3 is 9.55 Å². The van der Waals surface area contributed by atoms with Crippen molar-refractivity contribution in [2.75, 3.05) is 0 Å². The van der Waals surface area contributed by atoms with Crippen LogP contribution in [0.1, 0.15) is 0 Å². The van der Waals surface area contributed by atoms with Crippen LogP contribution < -0.4 is 0 Å². The fraction of sp³-hybridized carbons (Fsp3) is 0. The molecule has 0 aliphatic heterocycles. The van der Waals surface area contributed by atoms with E-state index in [4.69, 9.17) is 15.0 Å². The third-order valence-electron chi connectivity index (χ3n) is 10.1. The number of benzene rings is 7. The molecular weight excluding hydrogens is 625 g/mol. The van der Waals surface area contributed by atoms with Crippen molar-refractivity contribution < 1.29 is 0 Å². The summed E-state index contributed by atoms with van der Waals surface area (Å²) in [6.45, 7) is 0. The maximum absolute atomic E-state index is 5.31. The summed E-state index contributed by atoms with van der Waals surface area (Å²) in [5.74, 6) is 1.80. The van der Waals surface area contributed by atoms with Crippen LogP contribution in [0.2, 0.25) is 0 Å². The molecule has 11 aromatic rings. The molecule has 0 saturated heterocycles. The summed E-state index contributed by atoms with van der Waals surface area (Å²) in [4.78, 5) is 19.3. The van der Waals surface area contributed by atoms with Gasteiger partial charge in [-0.05, 0) is 48.5 Å². The Balaban J connectivity index is 1.25. The highest BCUT2D eigenvalue weighted by Crippen LogP contribution is 2.40. The number of aromatic amines is 1. The maximum Gasteiger partial charge on any atom is 0.238 e. The van der Waals surface area contributed by atoms with Crippen molar-refractivity contribution in [1.82, 2.24) is 29.1 Å². The van der Waals surface area contributed by atoms with Gasteiger partial charge in [0.2, 0.25) is 5.95 Å². The first-order valence-corrected chi connectivity index (χ1v) is 17.1. The highest BCUT2D eigenvalue weighted by atomic mass is 15.2. The molecule has 0 radical (unpaired) electrons. The highest BCUT2D eigenvalue weighted by molar-refractivity contribution is 6.19. The van der Waals surface area contributed by atoms with E-state index in [-0.39, 0.29) is 0 Å². The van der Waals surface area contributed by atoms with Gasteiger partial charge in [0.1, 0.15) is 0 Å². The summed E-state index contributed by atoms with van der Waals surface area (Å²) in [6.07, 6.45) is 0. The molecule has 0 fully saturated rings. The molecule has 0 saturated carbocycles. The summed E-state index contributed by atoms with van der Waals surface area (Å²) in [7, 11) is 0. The lowest BCUT2D eigenvalue weighted by Gasteiger charge is -2.12. The normalized spacial score (nSPS) is 11.9. The van der Waals surface area contributed by atoms with E-state index in [0.717, 1.165) is 60.6 Å². The zero-order valence-electron chi connectivity index (χ0n) is 27.3. The Bertz CT molecular complexity index is 3130. The van der Waals surface area contributed by atoms with Crippen LogP contribution in [0, 0.1) is 0 Å². The van der Waals surface area contributed by atoms with Gasteiger partial charge in [-0.2, -0.15) is 9.97 Å². The molecule has 11 rings (SSSR count). The smallest absolute Gasteiger partial charge is 0.238 e. The number of fused-ring (bicyclic) bond motifs is 9. The van der Waals surface area contributed by atoms with E-state index in [1.165, 1.54) is 21.7 Å². The molecule has 51 heavy (non-hydrogen) atoms. The van der Waals surface area contributed by atoms with Crippen molar-refractivity contribution in [3.05, 3.63) is 164 Å². The van der Waals surface area contributed by atoms with Gasteiger partial charge in [0.15, 0.2) is 11.6 Å². The molecule has 1 N–H and O–H groups in total. The van der Waals surface area contributed by atoms with Crippen LogP contribution >= 0.6 is 0 Å². The molecule has 0 bridgehead atoms. The van der Waals surface area contributed by atoms with Crippen LogP contribution in [-0.2, 0) is 0 Å². The molecule has 4 aromatic heterocycles. The van der Waals surface area contributed by atoms with E-state index in [0.29, 0.717) is 17.6 Å². The number of H-pyrrole nitrogens is 1. The van der Waals surface area contributed by atoms with Crippen LogP contribution in [0.3, 0.4) is 0 Å². The van der Waals surface area contributed by atoms with Crippen molar-refractivity contribution in [2.45, 2.75) is 0 Å². The molecule has 0 aliphatic carbocycles. The topological polar surface area (TPSA) is 64.3 Å². The molecule has 0 aliphatic rings. The molecule has 0 unspecified atom stereocenters. The van der Waals surface area contributed by atoms with E-state index in [9.17, 15) is 0 Å². The molecule has 238 valence electrons. The molecule has 6 nitrogen and oxygen atoms in total. The minimum absolute atomic E-state index is 0.569. The quantitative estimate of drug-likeness (QED) is 0.206. The van der Waals surface area contributed by atoms with E-state index in [1.54, 1.807) is 0 Å². The van der Waals surface area contributed by atoms with E-state index in [2.05, 4.69) is 160 Å². The Hall–Kier alpha value is -7.05. The number of para-hydroxylation sites is 5. The van der Waals surface area contributed by atoms with E-state index in [1.807, 2.05) is 18.2 Å². The first kappa shape index (κ1) is 27.9. The van der Waals surface area contributed by atoms with Gasteiger partial charge in [-0.25, -0.2) is 4.98 Å². The zero-order valence-corrected chi connectivity index (χ0v) is 27.3. The first-order chi connectivity index (χ1) is 25.3. The molecule has 0 spiro atoms. The summed E-state index contributed by atoms with van der Waals surface area (Å²) in [6, 6.07) is 57.4. The van der Waals surface area contributed by atoms with E-state index < -0.39 is 0 Å². The third-order valence-corrected chi connectivity index (χ3v) is 10.1. The number of nitrogens with zero attached hydrogens (tertiary/aromatic N) is 5. The van der Waals surface area contributed by atoms with Gasteiger partial charge in [-0.3, -0.25) is 4.57 Å². The lowest BCUT2D eigenvalue weighted by molar-refractivity contribution is 0.954. The van der Waals surface area contributed by atoms with Crippen molar-refractivity contribution in [3.8, 4) is 34.4 Å². The van der Waals surface area contributed by atoms with Crippen LogP contribution in [0.5, 0.6) is 0 Å². The Morgan fingerprint density at radius 1 is 0.392 bits per heavy atom.